The second kappa shape index (κ2) is 9.00. The summed E-state index contributed by atoms with van der Waals surface area (Å²) in [6, 6.07) is 13.9. The predicted molar refractivity (Wildman–Crippen MR) is 129 cm³/mol. The van der Waals surface area contributed by atoms with Crippen molar-refractivity contribution in [3.63, 3.8) is 0 Å². The molecule has 174 valence electrons. The maximum atomic E-state index is 13.2. The monoisotopic (exact) mass is 517 g/mol. The Morgan fingerprint density at radius 2 is 1.74 bits per heavy atom. The van der Waals surface area contributed by atoms with Crippen LogP contribution in [0.5, 0.6) is 0 Å². The van der Waals surface area contributed by atoms with Gasteiger partial charge in [0.1, 0.15) is 10.5 Å². The molecule has 0 aliphatic carbocycles. The average Bonchev–Trinajstić information content (AvgIpc) is 3.27. The highest BCUT2D eigenvalue weighted by Crippen LogP contribution is 2.28. The summed E-state index contributed by atoms with van der Waals surface area (Å²) in [5, 5.41) is 22.9. The van der Waals surface area contributed by atoms with E-state index in [1.807, 2.05) is 0 Å². The number of amides is 2. The lowest BCUT2D eigenvalue weighted by Gasteiger charge is -2.29. The molecule has 4 rings (SSSR count). The van der Waals surface area contributed by atoms with Gasteiger partial charge in [-0.3, -0.25) is 25.0 Å². The Labute approximate surface area is 203 Å². The Kier molecular flexibility index (Phi) is 6.25. The summed E-state index contributed by atoms with van der Waals surface area (Å²) < 4.78 is 27.3. The van der Waals surface area contributed by atoms with Gasteiger partial charge in [-0.25, -0.2) is 12.4 Å². The number of benzene rings is 2. The van der Waals surface area contributed by atoms with E-state index >= 15 is 0 Å². The molecule has 1 aliphatic rings. The van der Waals surface area contributed by atoms with Crippen LogP contribution in [0.3, 0.4) is 0 Å². The molecule has 2 N–H and O–H groups in total. The van der Waals surface area contributed by atoms with Crippen LogP contribution >= 0.6 is 23.8 Å². The zero-order chi connectivity index (χ0) is 24.6. The van der Waals surface area contributed by atoms with E-state index in [0.717, 1.165) is 27.1 Å². The third-order valence-corrected chi connectivity index (χ3v) is 7.12. The van der Waals surface area contributed by atoms with Crippen LogP contribution in [0.2, 0.25) is 5.02 Å². The molecule has 0 unspecified atom stereocenters. The van der Waals surface area contributed by atoms with Crippen molar-refractivity contribution < 1.29 is 23.2 Å². The van der Waals surface area contributed by atoms with Crippen LogP contribution < -0.4 is 15.4 Å². The summed E-state index contributed by atoms with van der Waals surface area (Å²) in [6.45, 7) is 0. The fourth-order valence-electron chi connectivity index (χ4n) is 3.28. The first kappa shape index (κ1) is 23.6. The van der Waals surface area contributed by atoms with Crippen LogP contribution in [0, 0.1) is 5.21 Å². The molecule has 0 saturated carbocycles. The van der Waals surface area contributed by atoms with Gasteiger partial charge in [0.05, 0.1) is 17.1 Å². The predicted octanol–water partition coefficient (Wildman–Crippen LogP) is 2.90. The number of hydrogen-bond donors (Lipinski definition) is 2. The number of aromatic nitrogens is 1. The van der Waals surface area contributed by atoms with Crippen LogP contribution in [0.25, 0.3) is 6.08 Å². The van der Waals surface area contributed by atoms with Crippen molar-refractivity contribution >= 4 is 68.2 Å². The van der Waals surface area contributed by atoms with Crippen molar-refractivity contribution in [1.82, 2.24) is 9.29 Å². The van der Waals surface area contributed by atoms with Gasteiger partial charge in [0, 0.05) is 11.2 Å². The van der Waals surface area contributed by atoms with E-state index in [4.69, 9.17) is 23.8 Å². The maximum Gasteiger partial charge on any atom is 0.270 e. The highest BCUT2D eigenvalue weighted by molar-refractivity contribution is 7.90. The average molecular weight is 518 g/mol. The Morgan fingerprint density at radius 3 is 2.41 bits per heavy atom. The van der Waals surface area contributed by atoms with Gasteiger partial charge in [-0.1, -0.05) is 23.7 Å². The molecule has 2 heterocycles. The normalized spacial score (nSPS) is 15.6. The van der Waals surface area contributed by atoms with Crippen molar-refractivity contribution in [1.29, 1.82) is 0 Å². The summed E-state index contributed by atoms with van der Waals surface area (Å²) in [6.07, 6.45) is 2.27. The van der Waals surface area contributed by atoms with Gasteiger partial charge in [-0.2, -0.15) is 0 Å². The van der Waals surface area contributed by atoms with Gasteiger partial charge in [0.15, 0.2) is 5.11 Å². The minimum absolute atomic E-state index is 0.0485. The zero-order valence-electron chi connectivity index (χ0n) is 17.0. The lowest BCUT2D eigenvalue weighted by atomic mass is 10.1. The largest absolute Gasteiger partial charge is 0.733 e. The third kappa shape index (κ3) is 4.20. The van der Waals surface area contributed by atoms with Crippen LogP contribution in [-0.4, -0.2) is 34.5 Å². The molecule has 1 aromatic heterocycles. The van der Waals surface area contributed by atoms with Gasteiger partial charge >= 0.3 is 0 Å². The lowest BCUT2D eigenvalue weighted by molar-refractivity contribution is -0.122. The van der Waals surface area contributed by atoms with Crippen LogP contribution in [0.4, 0.5) is 11.4 Å². The molecule has 10 nitrogen and oxygen atoms in total. The number of thiocarbonyl (C=S) groups is 1. The van der Waals surface area contributed by atoms with Crippen LogP contribution in [0.1, 0.15) is 5.69 Å². The second-order valence-electron chi connectivity index (χ2n) is 6.91. The summed E-state index contributed by atoms with van der Waals surface area (Å²) in [5.74, 6) is -1.59. The van der Waals surface area contributed by atoms with E-state index in [1.54, 1.807) is 12.1 Å². The smallest absolute Gasteiger partial charge is 0.270 e. The number of carbonyl (C=O) groups excluding carboxylic acids is 2. The number of para-hydroxylation sites is 1. The first-order valence-corrected chi connectivity index (χ1v) is 11.7. The number of anilines is 2. The Morgan fingerprint density at radius 1 is 1.06 bits per heavy atom. The minimum Gasteiger partial charge on any atom is -0.733 e. The van der Waals surface area contributed by atoms with Crippen molar-refractivity contribution in [3.05, 3.63) is 88.4 Å². The Bertz CT molecular complexity index is 1450. The summed E-state index contributed by atoms with van der Waals surface area (Å²) in [5.41, 5.74) is -0.576. The molecule has 34 heavy (non-hydrogen) atoms. The van der Waals surface area contributed by atoms with E-state index in [2.05, 4.69) is 5.32 Å². The van der Waals surface area contributed by atoms with E-state index < -0.39 is 37.6 Å². The first-order chi connectivity index (χ1) is 16.1. The maximum absolute atomic E-state index is 13.2. The topological polar surface area (TPSA) is 135 Å². The number of nitrogens with zero attached hydrogens (tertiary/aromatic N) is 3. The molecule has 3 aromatic rings. The molecular weight excluding hydrogens is 504 g/mol. The number of carbonyl (C=O) groups is 2. The van der Waals surface area contributed by atoms with E-state index in [0.29, 0.717) is 10.7 Å². The SMILES string of the molecule is O=C1NC(=S)N(c2ccc(Cl)cc2)C(=O)/C1=C/c1cccn1S(=O)(=O)c1ccccc1N([O-])O. The van der Waals surface area contributed by atoms with Crippen molar-refractivity contribution in [2.24, 2.45) is 0 Å². The first-order valence-electron chi connectivity index (χ1n) is 9.46. The standard InChI is InChI=1S/C21H14ClN4O6S2/c22-13-7-9-14(10-8-13)25-20(28)16(19(27)23-21(25)33)12-15-4-3-11-24(15)34(31,32)18-6-2-1-5-17(18)26(29)30/h1-12,29H,(H,23,27,33)/q-1/b16-12+. The Hall–Kier alpha value is -3.55. The molecule has 13 heteroatoms. The molecule has 1 saturated heterocycles. The van der Waals surface area contributed by atoms with Gasteiger partial charge in [-0.05, 0) is 66.8 Å². The Balaban J connectivity index is 1.78. The number of halogens is 1. The number of nitrogens with one attached hydrogen (secondary N) is 1. The number of hydrogen-bond acceptors (Lipinski definition) is 8. The van der Waals surface area contributed by atoms with Crippen LogP contribution in [-0.2, 0) is 19.6 Å². The molecule has 0 bridgehead atoms. The van der Waals surface area contributed by atoms with E-state index in [1.165, 1.54) is 42.6 Å². The molecule has 1 fully saturated rings. The molecule has 0 radical (unpaired) electrons. The molecule has 2 amide bonds. The van der Waals surface area contributed by atoms with Gasteiger partial charge in [0.2, 0.25) is 0 Å². The summed E-state index contributed by atoms with van der Waals surface area (Å²) in [7, 11) is -4.40. The second-order valence-corrected chi connectivity index (χ2v) is 9.52. The highest BCUT2D eigenvalue weighted by Gasteiger charge is 2.35. The van der Waals surface area contributed by atoms with E-state index in [9.17, 15) is 28.4 Å². The quantitative estimate of drug-likeness (QED) is 0.228. The lowest BCUT2D eigenvalue weighted by Crippen LogP contribution is -2.54. The third-order valence-electron chi connectivity index (χ3n) is 4.83. The molecule has 0 spiro atoms. The zero-order valence-corrected chi connectivity index (χ0v) is 19.3. The van der Waals surface area contributed by atoms with E-state index in [-0.39, 0.29) is 16.4 Å². The summed E-state index contributed by atoms with van der Waals surface area (Å²) in [4.78, 5) is 26.3. The minimum atomic E-state index is -4.40. The fourth-order valence-corrected chi connectivity index (χ4v) is 5.18. The molecular formula is C21H14ClN4O6S2-. The highest BCUT2D eigenvalue weighted by atomic mass is 35.5. The number of rotatable bonds is 5. The fraction of sp³-hybridized carbons (Fsp3) is 0. The summed E-state index contributed by atoms with van der Waals surface area (Å²) >= 11 is 11.0. The van der Waals surface area contributed by atoms with Gasteiger partial charge in [-0.15, -0.1) is 0 Å². The van der Waals surface area contributed by atoms with Crippen LogP contribution in [0.15, 0.2) is 77.3 Å². The van der Waals surface area contributed by atoms with Gasteiger partial charge < -0.3 is 10.4 Å². The van der Waals surface area contributed by atoms with Crippen molar-refractivity contribution in [2.75, 3.05) is 10.1 Å². The molecule has 1 aliphatic heterocycles. The van der Waals surface area contributed by atoms with Crippen molar-refractivity contribution in [2.45, 2.75) is 4.90 Å². The molecule has 0 atom stereocenters. The van der Waals surface area contributed by atoms with Crippen molar-refractivity contribution in [3.8, 4) is 0 Å². The molecule has 2 aromatic carbocycles. The van der Waals surface area contributed by atoms with Gasteiger partial charge in [0.25, 0.3) is 21.8 Å².